The van der Waals surface area contributed by atoms with E-state index in [1.165, 1.54) is 7.11 Å². The van der Waals surface area contributed by atoms with Crippen LogP contribution in [0.2, 0.25) is 0 Å². The largest absolute Gasteiger partial charge is 0.494 e. The smallest absolute Gasteiger partial charge is 0.170 e. The average molecular weight is 235 g/mol. The lowest BCUT2D eigenvalue weighted by Gasteiger charge is -2.16. The van der Waals surface area contributed by atoms with Crippen LogP contribution in [0.15, 0.2) is 41.0 Å². The summed E-state index contributed by atoms with van der Waals surface area (Å²) in [5.41, 5.74) is 0.502. The van der Waals surface area contributed by atoms with Crippen molar-refractivity contribution < 1.29 is 13.5 Å². The number of halogens is 1. The third-order valence-corrected chi connectivity index (χ3v) is 2.64. The Hall–Kier alpha value is -1.81. The maximum absolute atomic E-state index is 14.1. The lowest BCUT2D eigenvalue weighted by molar-refractivity contribution is 0.379. The van der Waals surface area contributed by atoms with Gasteiger partial charge in [0.1, 0.15) is 5.76 Å². The number of methoxy groups -OCH3 is 1. The molecule has 0 fully saturated rings. The van der Waals surface area contributed by atoms with Crippen molar-refractivity contribution in [3.05, 3.63) is 53.7 Å². The average Bonchev–Trinajstić information content (AvgIpc) is 2.86. The maximum Gasteiger partial charge on any atom is 0.170 e. The van der Waals surface area contributed by atoms with Crippen molar-refractivity contribution in [3.8, 4) is 5.75 Å². The minimum atomic E-state index is -0.370. The van der Waals surface area contributed by atoms with Gasteiger partial charge in [0, 0.05) is 5.56 Å². The van der Waals surface area contributed by atoms with Crippen molar-refractivity contribution in [1.29, 1.82) is 0 Å². The van der Waals surface area contributed by atoms with Crippen LogP contribution in [0.1, 0.15) is 17.4 Å². The number of benzene rings is 1. The van der Waals surface area contributed by atoms with Crippen LogP contribution in [-0.4, -0.2) is 14.2 Å². The van der Waals surface area contributed by atoms with Gasteiger partial charge in [-0.05, 0) is 25.2 Å². The number of hydrogen-bond donors (Lipinski definition) is 1. The van der Waals surface area contributed by atoms with Crippen LogP contribution in [-0.2, 0) is 0 Å². The summed E-state index contributed by atoms with van der Waals surface area (Å²) in [5, 5.41) is 3.02. The second kappa shape index (κ2) is 5.01. The highest BCUT2D eigenvalue weighted by Gasteiger charge is 2.20. The van der Waals surface area contributed by atoms with Crippen LogP contribution in [0.3, 0.4) is 0 Å². The Morgan fingerprint density at radius 2 is 2.12 bits per heavy atom. The Labute approximate surface area is 99.2 Å². The first-order valence-corrected chi connectivity index (χ1v) is 5.31. The first kappa shape index (κ1) is 11.7. The molecule has 0 radical (unpaired) electrons. The van der Waals surface area contributed by atoms with Crippen LogP contribution < -0.4 is 10.1 Å². The molecule has 0 saturated heterocycles. The second-order valence-electron chi connectivity index (χ2n) is 3.60. The molecule has 2 aromatic rings. The summed E-state index contributed by atoms with van der Waals surface area (Å²) < 4.78 is 24.4. The quantitative estimate of drug-likeness (QED) is 0.884. The van der Waals surface area contributed by atoms with E-state index < -0.39 is 0 Å². The normalized spacial score (nSPS) is 12.4. The first-order valence-electron chi connectivity index (χ1n) is 5.31. The Balaban J connectivity index is 2.44. The minimum absolute atomic E-state index is 0.231. The summed E-state index contributed by atoms with van der Waals surface area (Å²) in [5.74, 6) is 0.528. The van der Waals surface area contributed by atoms with E-state index in [1.807, 2.05) is 0 Å². The second-order valence-corrected chi connectivity index (χ2v) is 3.60. The van der Waals surface area contributed by atoms with Crippen LogP contribution in [0, 0.1) is 5.82 Å². The predicted octanol–water partition coefficient (Wildman–Crippen LogP) is 2.74. The molecule has 90 valence electrons. The van der Waals surface area contributed by atoms with Gasteiger partial charge in [0.2, 0.25) is 0 Å². The van der Waals surface area contributed by atoms with Crippen LogP contribution in [0.25, 0.3) is 0 Å². The third-order valence-electron chi connectivity index (χ3n) is 2.64. The van der Waals surface area contributed by atoms with Gasteiger partial charge in [-0.1, -0.05) is 12.1 Å². The molecule has 1 N–H and O–H groups in total. The molecule has 4 heteroatoms. The molecular formula is C13H14FNO2. The molecule has 0 bridgehead atoms. The molecular weight excluding hydrogens is 221 g/mol. The Bertz CT molecular complexity index is 482. The van der Waals surface area contributed by atoms with Crippen LogP contribution >= 0.6 is 0 Å². The van der Waals surface area contributed by atoms with Gasteiger partial charge in [0.05, 0.1) is 19.4 Å². The van der Waals surface area contributed by atoms with E-state index in [4.69, 9.17) is 9.15 Å². The standard InChI is InChI=1S/C13H14FNO2/c1-15-13(11-7-4-8-17-11)9-5-3-6-10(16-2)12(9)14/h3-8,13,15H,1-2H3. The Kier molecular flexibility index (Phi) is 3.44. The minimum Gasteiger partial charge on any atom is -0.494 e. The van der Waals surface area contributed by atoms with Gasteiger partial charge in [0.15, 0.2) is 11.6 Å². The summed E-state index contributed by atoms with van der Waals surface area (Å²) in [6.45, 7) is 0. The molecule has 0 aliphatic rings. The summed E-state index contributed by atoms with van der Waals surface area (Å²) in [4.78, 5) is 0. The highest BCUT2D eigenvalue weighted by Crippen LogP contribution is 2.29. The van der Waals surface area contributed by atoms with Gasteiger partial charge >= 0.3 is 0 Å². The number of hydrogen-bond acceptors (Lipinski definition) is 3. The molecule has 1 atom stereocenters. The molecule has 1 unspecified atom stereocenters. The molecule has 0 amide bonds. The molecule has 0 aliphatic heterocycles. The molecule has 0 aliphatic carbocycles. The van der Waals surface area contributed by atoms with Gasteiger partial charge in [-0.3, -0.25) is 0 Å². The van der Waals surface area contributed by atoms with Crippen molar-refractivity contribution in [2.45, 2.75) is 6.04 Å². The van der Waals surface area contributed by atoms with Crippen molar-refractivity contribution in [2.75, 3.05) is 14.2 Å². The highest BCUT2D eigenvalue weighted by atomic mass is 19.1. The zero-order chi connectivity index (χ0) is 12.3. The fraction of sp³-hybridized carbons (Fsp3) is 0.231. The van der Waals surface area contributed by atoms with E-state index in [9.17, 15) is 4.39 Å². The van der Waals surface area contributed by atoms with E-state index >= 15 is 0 Å². The molecule has 1 aromatic heterocycles. The van der Waals surface area contributed by atoms with E-state index in [1.54, 1.807) is 43.6 Å². The van der Waals surface area contributed by atoms with Gasteiger partial charge in [-0.2, -0.15) is 0 Å². The van der Waals surface area contributed by atoms with Crippen LogP contribution in [0.5, 0.6) is 5.75 Å². The van der Waals surface area contributed by atoms with Gasteiger partial charge in [-0.25, -0.2) is 4.39 Å². The van der Waals surface area contributed by atoms with Crippen molar-refractivity contribution >= 4 is 0 Å². The van der Waals surface area contributed by atoms with E-state index in [0.717, 1.165) is 0 Å². The molecule has 17 heavy (non-hydrogen) atoms. The van der Waals surface area contributed by atoms with E-state index in [-0.39, 0.29) is 17.6 Å². The molecule has 0 spiro atoms. The van der Waals surface area contributed by atoms with Crippen LogP contribution in [0.4, 0.5) is 4.39 Å². The van der Waals surface area contributed by atoms with Crippen molar-refractivity contribution in [3.63, 3.8) is 0 Å². The monoisotopic (exact) mass is 235 g/mol. The van der Waals surface area contributed by atoms with Crippen molar-refractivity contribution in [1.82, 2.24) is 5.32 Å². The first-order chi connectivity index (χ1) is 8.27. The Morgan fingerprint density at radius 1 is 1.29 bits per heavy atom. The number of furan rings is 1. The third kappa shape index (κ3) is 2.17. The zero-order valence-electron chi connectivity index (χ0n) is 9.74. The molecule has 0 saturated carbocycles. The van der Waals surface area contributed by atoms with E-state index in [0.29, 0.717) is 11.3 Å². The van der Waals surface area contributed by atoms with Crippen molar-refractivity contribution in [2.24, 2.45) is 0 Å². The predicted molar refractivity (Wildman–Crippen MR) is 62.6 cm³/mol. The number of rotatable bonds is 4. The Morgan fingerprint density at radius 3 is 2.71 bits per heavy atom. The molecule has 3 nitrogen and oxygen atoms in total. The number of ether oxygens (including phenoxy) is 1. The fourth-order valence-corrected chi connectivity index (χ4v) is 1.81. The SMILES string of the molecule is CNC(c1ccco1)c1cccc(OC)c1F. The molecule has 2 rings (SSSR count). The lowest BCUT2D eigenvalue weighted by Crippen LogP contribution is -2.18. The summed E-state index contributed by atoms with van der Waals surface area (Å²) in [6.07, 6.45) is 1.57. The fourth-order valence-electron chi connectivity index (χ4n) is 1.81. The molecule has 1 aromatic carbocycles. The zero-order valence-corrected chi connectivity index (χ0v) is 9.74. The molecule has 1 heterocycles. The van der Waals surface area contributed by atoms with Gasteiger partial charge in [-0.15, -0.1) is 0 Å². The summed E-state index contributed by atoms with van der Waals surface area (Å²) >= 11 is 0. The topological polar surface area (TPSA) is 34.4 Å². The van der Waals surface area contributed by atoms with Gasteiger partial charge < -0.3 is 14.5 Å². The lowest BCUT2D eigenvalue weighted by atomic mass is 10.0. The van der Waals surface area contributed by atoms with Gasteiger partial charge in [0.25, 0.3) is 0 Å². The highest BCUT2D eigenvalue weighted by molar-refractivity contribution is 5.36. The summed E-state index contributed by atoms with van der Waals surface area (Å²) in [7, 11) is 3.20. The number of nitrogens with one attached hydrogen (secondary N) is 1. The summed E-state index contributed by atoms with van der Waals surface area (Å²) in [6, 6.07) is 8.32. The maximum atomic E-state index is 14.1. The van der Waals surface area contributed by atoms with E-state index in [2.05, 4.69) is 5.32 Å².